The molecule has 1 N–H and O–H groups in total. The van der Waals surface area contributed by atoms with E-state index < -0.39 is 66.2 Å². The van der Waals surface area contributed by atoms with Crippen LogP contribution < -0.4 is 15.1 Å². The first-order valence-electron chi connectivity index (χ1n) is 12.6. The van der Waals surface area contributed by atoms with E-state index in [2.05, 4.69) is 15.3 Å². The number of carbonyl (C=O) groups excluding carboxylic acids is 3. The highest BCUT2D eigenvalue weighted by atomic mass is 19.3. The number of nitriles is 1. The van der Waals surface area contributed by atoms with Gasteiger partial charge in [-0.2, -0.15) is 5.26 Å². The second kappa shape index (κ2) is 11.0. The van der Waals surface area contributed by atoms with Crippen LogP contribution in [0.15, 0.2) is 61.1 Å². The number of hydrogen-bond acceptors (Lipinski definition) is 6. The summed E-state index contributed by atoms with van der Waals surface area (Å²) in [6, 6.07) is 6.67. The van der Waals surface area contributed by atoms with Gasteiger partial charge < -0.3 is 5.32 Å². The van der Waals surface area contributed by atoms with Crippen molar-refractivity contribution in [3.05, 3.63) is 83.8 Å². The van der Waals surface area contributed by atoms with Crippen LogP contribution >= 0.6 is 0 Å². The fourth-order valence-electron chi connectivity index (χ4n) is 5.06. The topological polar surface area (TPSA) is 119 Å². The van der Waals surface area contributed by atoms with Crippen LogP contribution in [0.25, 0.3) is 0 Å². The van der Waals surface area contributed by atoms with Crippen LogP contribution in [0.5, 0.6) is 0 Å². The standard InChI is InChI=1S/C28H22F4N6O3/c29-17-10-19(15-34-14-17)37(27(41)22-5-6-24(39)38(22)23-9-16(13-33)7-8-35-23)25(20-3-1-2-4-21(20)30)26(40)36-18-11-28(31,32)12-18/h1-4,7-10,14-15,18,22,25H,5-6,11-12H2,(H,36,40)/t22-,25-/m0/s1. The number of hydrogen-bond donors (Lipinski definition) is 1. The van der Waals surface area contributed by atoms with Crippen LogP contribution in [0.1, 0.15) is 42.9 Å². The van der Waals surface area contributed by atoms with Crippen molar-refractivity contribution in [2.24, 2.45) is 0 Å². The number of benzene rings is 1. The molecule has 1 saturated heterocycles. The quantitative estimate of drug-likeness (QED) is 0.435. The van der Waals surface area contributed by atoms with Gasteiger partial charge in [0.25, 0.3) is 11.8 Å². The van der Waals surface area contributed by atoms with Gasteiger partial charge in [-0.05, 0) is 24.6 Å². The highest BCUT2D eigenvalue weighted by Gasteiger charge is 2.48. The molecule has 1 saturated carbocycles. The first-order valence-corrected chi connectivity index (χ1v) is 12.6. The number of carbonyl (C=O) groups is 3. The average molecular weight is 567 g/mol. The van der Waals surface area contributed by atoms with Gasteiger partial charge in [0.2, 0.25) is 11.8 Å². The van der Waals surface area contributed by atoms with E-state index in [4.69, 9.17) is 0 Å². The Bertz CT molecular complexity index is 1550. The lowest BCUT2D eigenvalue weighted by Gasteiger charge is -2.39. The van der Waals surface area contributed by atoms with Gasteiger partial charge in [-0.15, -0.1) is 0 Å². The van der Waals surface area contributed by atoms with Crippen molar-refractivity contribution in [3.8, 4) is 6.07 Å². The van der Waals surface area contributed by atoms with E-state index in [9.17, 15) is 32.8 Å². The highest BCUT2D eigenvalue weighted by molar-refractivity contribution is 6.10. The SMILES string of the molecule is N#Cc1ccnc(N2C(=O)CC[C@H]2C(=O)N(c2cncc(F)c2)[C@H](C(=O)NC2CC(F)(F)C2)c2ccccc2F)c1. The maximum absolute atomic E-state index is 15.2. The molecule has 3 aromatic rings. The molecule has 2 fully saturated rings. The lowest BCUT2D eigenvalue weighted by atomic mass is 9.87. The van der Waals surface area contributed by atoms with Gasteiger partial charge in [0, 0.05) is 43.1 Å². The van der Waals surface area contributed by atoms with Crippen LogP contribution in [0.3, 0.4) is 0 Å². The summed E-state index contributed by atoms with van der Waals surface area (Å²) in [7, 11) is 0. The van der Waals surface area contributed by atoms with Crippen molar-refractivity contribution >= 4 is 29.2 Å². The average Bonchev–Trinajstić information content (AvgIpc) is 3.32. The summed E-state index contributed by atoms with van der Waals surface area (Å²) in [4.78, 5) is 50.7. The fourth-order valence-corrected chi connectivity index (χ4v) is 5.06. The van der Waals surface area contributed by atoms with Gasteiger partial charge in [0.05, 0.1) is 29.7 Å². The predicted octanol–water partition coefficient (Wildman–Crippen LogP) is 3.81. The molecule has 1 aliphatic carbocycles. The molecular weight excluding hydrogens is 544 g/mol. The summed E-state index contributed by atoms with van der Waals surface area (Å²) >= 11 is 0. The maximum atomic E-state index is 15.2. The zero-order valence-corrected chi connectivity index (χ0v) is 21.3. The second-order valence-electron chi connectivity index (χ2n) is 9.80. The van der Waals surface area contributed by atoms with E-state index in [1.165, 1.54) is 36.5 Å². The van der Waals surface area contributed by atoms with Gasteiger partial charge in [-0.3, -0.25) is 29.2 Å². The highest BCUT2D eigenvalue weighted by Crippen LogP contribution is 2.39. The molecule has 13 heteroatoms. The third kappa shape index (κ3) is 5.58. The second-order valence-corrected chi connectivity index (χ2v) is 9.80. The Morgan fingerprint density at radius 2 is 1.90 bits per heavy atom. The molecule has 5 rings (SSSR count). The van der Waals surface area contributed by atoms with Gasteiger partial charge in [-0.1, -0.05) is 18.2 Å². The first kappa shape index (κ1) is 27.7. The molecule has 0 radical (unpaired) electrons. The number of amides is 3. The van der Waals surface area contributed by atoms with Crippen LogP contribution in [0, 0.1) is 23.0 Å². The Morgan fingerprint density at radius 3 is 2.59 bits per heavy atom. The fraction of sp³-hybridized carbons (Fsp3) is 0.286. The molecule has 210 valence electrons. The van der Waals surface area contributed by atoms with Crippen molar-refractivity contribution in [2.45, 2.75) is 49.7 Å². The van der Waals surface area contributed by atoms with Crippen molar-refractivity contribution in [3.63, 3.8) is 0 Å². The monoisotopic (exact) mass is 566 g/mol. The Hall–Kier alpha value is -4.86. The molecule has 1 aromatic carbocycles. The minimum Gasteiger partial charge on any atom is -0.351 e. The maximum Gasteiger partial charge on any atom is 0.252 e. The molecular formula is C28H22F4N6O3. The number of aromatic nitrogens is 2. The van der Waals surface area contributed by atoms with Gasteiger partial charge in [0.15, 0.2) is 0 Å². The number of rotatable bonds is 7. The number of nitrogens with one attached hydrogen (secondary N) is 1. The van der Waals surface area contributed by atoms with E-state index in [-0.39, 0.29) is 35.5 Å². The third-order valence-electron chi connectivity index (χ3n) is 6.97. The molecule has 3 heterocycles. The number of alkyl halides is 2. The Labute approximate surface area is 231 Å². The van der Waals surface area contributed by atoms with E-state index >= 15 is 4.39 Å². The molecule has 1 aliphatic heterocycles. The summed E-state index contributed by atoms with van der Waals surface area (Å²) in [5, 5.41) is 11.8. The molecule has 0 unspecified atom stereocenters. The molecule has 0 spiro atoms. The summed E-state index contributed by atoms with van der Waals surface area (Å²) < 4.78 is 56.7. The lowest BCUT2D eigenvalue weighted by Crippen LogP contribution is -2.56. The number of anilines is 2. The van der Waals surface area contributed by atoms with Crippen molar-refractivity contribution < 1.29 is 31.9 Å². The predicted molar refractivity (Wildman–Crippen MR) is 136 cm³/mol. The van der Waals surface area contributed by atoms with E-state index in [1.807, 2.05) is 6.07 Å². The molecule has 2 aliphatic rings. The third-order valence-corrected chi connectivity index (χ3v) is 6.97. The van der Waals surface area contributed by atoms with Crippen LogP contribution in [0.2, 0.25) is 0 Å². The summed E-state index contributed by atoms with van der Waals surface area (Å²) in [5.41, 5.74) is -0.336. The Morgan fingerprint density at radius 1 is 1.15 bits per heavy atom. The summed E-state index contributed by atoms with van der Waals surface area (Å²) in [6.07, 6.45) is 1.86. The summed E-state index contributed by atoms with van der Waals surface area (Å²) in [6.45, 7) is 0. The van der Waals surface area contributed by atoms with E-state index in [0.717, 1.165) is 34.3 Å². The molecule has 0 bridgehead atoms. The molecule has 3 amide bonds. The summed E-state index contributed by atoms with van der Waals surface area (Å²) in [5.74, 6) is -7.07. The molecule has 2 atom stereocenters. The molecule has 2 aromatic heterocycles. The zero-order chi connectivity index (χ0) is 29.3. The Balaban J connectivity index is 1.61. The lowest BCUT2D eigenvalue weighted by molar-refractivity contribution is -0.133. The van der Waals surface area contributed by atoms with Crippen LogP contribution in [0.4, 0.5) is 29.1 Å². The first-order chi connectivity index (χ1) is 19.6. The normalized spacial score (nSPS) is 18.8. The zero-order valence-electron chi connectivity index (χ0n) is 21.3. The van der Waals surface area contributed by atoms with Crippen LogP contribution in [-0.2, 0) is 14.4 Å². The number of pyridine rings is 2. The minimum absolute atomic E-state index is 0.00538. The van der Waals surface area contributed by atoms with Crippen molar-refractivity contribution in [1.82, 2.24) is 15.3 Å². The van der Waals surface area contributed by atoms with Crippen molar-refractivity contribution in [2.75, 3.05) is 9.80 Å². The minimum atomic E-state index is -2.97. The van der Waals surface area contributed by atoms with Crippen molar-refractivity contribution in [1.29, 1.82) is 5.26 Å². The van der Waals surface area contributed by atoms with E-state index in [0.29, 0.717) is 0 Å². The van der Waals surface area contributed by atoms with Gasteiger partial charge >= 0.3 is 0 Å². The van der Waals surface area contributed by atoms with Crippen LogP contribution in [-0.4, -0.2) is 45.7 Å². The molecule has 9 nitrogen and oxygen atoms in total. The smallest absolute Gasteiger partial charge is 0.252 e. The Kier molecular flexibility index (Phi) is 7.40. The van der Waals surface area contributed by atoms with Gasteiger partial charge in [-0.25, -0.2) is 22.5 Å². The molecule has 41 heavy (non-hydrogen) atoms. The van der Waals surface area contributed by atoms with Gasteiger partial charge in [0.1, 0.15) is 29.5 Å². The number of halogens is 4. The van der Waals surface area contributed by atoms with E-state index in [1.54, 1.807) is 0 Å². The number of nitrogens with zero attached hydrogens (tertiary/aromatic N) is 5. The largest absolute Gasteiger partial charge is 0.351 e.